The fourth-order valence-electron chi connectivity index (χ4n) is 3.28. The number of piperidine rings is 1. The Morgan fingerprint density at radius 3 is 2.20 bits per heavy atom. The van der Waals surface area contributed by atoms with E-state index in [1.165, 1.54) is 6.42 Å². The highest BCUT2D eigenvalue weighted by molar-refractivity contribution is 7.86. The van der Waals surface area contributed by atoms with Crippen molar-refractivity contribution in [3.05, 3.63) is 0 Å². The normalized spacial score (nSPS) is 26.0. The van der Waals surface area contributed by atoms with Crippen molar-refractivity contribution in [2.75, 3.05) is 27.2 Å². The summed E-state index contributed by atoms with van der Waals surface area (Å²) >= 11 is 0. The third kappa shape index (κ3) is 3.35. The van der Waals surface area contributed by atoms with Crippen LogP contribution in [0.5, 0.6) is 0 Å². The predicted octanol–water partition coefficient (Wildman–Crippen LogP) is 1.57. The highest BCUT2D eigenvalue weighted by atomic mass is 32.2. The van der Waals surface area contributed by atoms with Gasteiger partial charge in [-0.15, -0.1) is 0 Å². The van der Waals surface area contributed by atoms with E-state index in [0.29, 0.717) is 13.1 Å². The first-order chi connectivity index (χ1) is 9.39. The lowest BCUT2D eigenvalue weighted by molar-refractivity contribution is 0.200. The molecule has 1 saturated carbocycles. The van der Waals surface area contributed by atoms with Crippen LogP contribution in [0.15, 0.2) is 0 Å². The van der Waals surface area contributed by atoms with Gasteiger partial charge in [-0.2, -0.15) is 17.0 Å². The van der Waals surface area contributed by atoms with Crippen LogP contribution in [0.25, 0.3) is 0 Å². The molecule has 6 heteroatoms. The molecular formula is C14H29N3O2S. The third-order valence-electron chi connectivity index (χ3n) is 5.21. The van der Waals surface area contributed by atoms with Crippen LogP contribution in [0.3, 0.4) is 0 Å². The van der Waals surface area contributed by atoms with Crippen LogP contribution < -0.4 is 5.32 Å². The van der Waals surface area contributed by atoms with Crippen LogP contribution in [-0.2, 0) is 10.2 Å². The lowest BCUT2D eigenvalue weighted by atomic mass is 9.91. The van der Waals surface area contributed by atoms with Crippen LogP contribution in [0.2, 0.25) is 0 Å². The predicted molar refractivity (Wildman–Crippen MR) is 81.8 cm³/mol. The highest BCUT2D eigenvalue weighted by Crippen LogP contribution is 2.28. The van der Waals surface area contributed by atoms with Gasteiger partial charge in [-0.25, -0.2) is 0 Å². The molecule has 0 spiro atoms. The molecule has 20 heavy (non-hydrogen) atoms. The Balaban J connectivity index is 2.00. The average molecular weight is 303 g/mol. The Bertz CT molecular complexity index is 410. The summed E-state index contributed by atoms with van der Waals surface area (Å²) in [5.74, 6) is 0. The maximum absolute atomic E-state index is 12.7. The number of hydrogen-bond acceptors (Lipinski definition) is 3. The Morgan fingerprint density at radius 1 is 1.15 bits per heavy atom. The molecule has 0 bridgehead atoms. The molecule has 2 aliphatic rings. The molecule has 0 amide bonds. The van der Waals surface area contributed by atoms with Gasteiger partial charge in [0.25, 0.3) is 10.2 Å². The fraction of sp³-hybridized carbons (Fsp3) is 1.00. The number of nitrogens with one attached hydrogen (secondary N) is 1. The van der Waals surface area contributed by atoms with E-state index in [1.54, 1.807) is 15.7 Å². The van der Waals surface area contributed by atoms with E-state index in [0.717, 1.165) is 38.5 Å². The van der Waals surface area contributed by atoms with E-state index in [-0.39, 0.29) is 11.6 Å². The molecule has 0 unspecified atom stereocenters. The second kappa shape index (κ2) is 6.30. The molecule has 0 aromatic carbocycles. The summed E-state index contributed by atoms with van der Waals surface area (Å²) in [4.78, 5) is 0. The van der Waals surface area contributed by atoms with Gasteiger partial charge in [0.15, 0.2) is 0 Å². The molecule has 118 valence electrons. The fourth-order valence-corrected chi connectivity index (χ4v) is 4.87. The summed E-state index contributed by atoms with van der Waals surface area (Å²) in [6.07, 6.45) is 7.33. The lowest BCUT2D eigenvalue weighted by Crippen LogP contribution is -2.55. The maximum atomic E-state index is 12.7. The van der Waals surface area contributed by atoms with Gasteiger partial charge in [0.2, 0.25) is 0 Å². The van der Waals surface area contributed by atoms with Crippen molar-refractivity contribution >= 4 is 10.2 Å². The molecule has 1 aliphatic heterocycles. The van der Waals surface area contributed by atoms with Crippen LogP contribution in [0.4, 0.5) is 0 Å². The Labute approximate surface area is 123 Å². The minimum atomic E-state index is -3.28. The van der Waals surface area contributed by atoms with Gasteiger partial charge in [0, 0.05) is 31.7 Å². The van der Waals surface area contributed by atoms with Gasteiger partial charge in [-0.1, -0.05) is 19.3 Å². The summed E-state index contributed by atoms with van der Waals surface area (Å²) in [5.41, 5.74) is 0.0788. The van der Waals surface area contributed by atoms with Gasteiger partial charge in [-0.3, -0.25) is 0 Å². The summed E-state index contributed by atoms with van der Waals surface area (Å²) in [7, 11) is 0.437. The monoisotopic (exact) mass is 303 g/mol. The smallest absolute Gasteiger partial charge is 0.281 e. The van der Waals surface area contributed by atoms with Crippen molar-refractivity contribution in [3.63, 3.8) is 0 Å². The summed E-state index contributed by atoms with van der Waals surface area (Å²) in [5, 5.41) is 3.31. The first-order valence-electron chi connectivity index (χ1n) is 7.81. The minimum Gasteiger partial charge on any atom is -0.314 e. The summed E-state index contributed by atoms with van der Waals surface area (Å²) in [6.45, 7) is 3.41. The molecule has 1 aliphatic carbocycles. The lowest BCUT2D eigenvalue weighted by Gasteiger charge is -2.41. The van der Waals surface area contributed by atoms with Gasteiger partial charge in [0.05, 0.1) is 0 Å². The zero-order valence-corrected chi connectivity index (χ0v) is 13.9. The van der Waals surface area contributed by atoms with E-state index in [9.17, 15) is 8.42 Å². The van der Waals surface area contributed by atoms with Crippen molar-refractivity contribution < 1.29 is 8.42 Å². The molecule has 1 saturated heterocycles. The van der Waals surface area contributed by atoms with Crippen LogP contribution in [0, 0.1) is 0 Å². The maximum Gasteiger partial charge on any atom is 0.281 e. The van der Waals surface area contributed by atoms with Crippen LogP contribution in [0.1, 0.15) is 51.9 Å². The summed E-state index contributed by atoms with van der Waals surface area (Å²) in [6, 6.07) is 0.200. The molecule has 0 atom stereocenters. The average Bonchev–Trinajstić information content (AvgIpc) is 2.48. The molecular weight excluding hydrogens is 274 g/mol. The molecule has 0 aromatic rings. The molecule has 1 N–H and O–H groups in total. The van der Waals surface area contributed by atoms with E-state index < -0.39 is 10.2 Å². The van der Waals surface area contributed by atoms with Crippen molar-refractivity contribution in [2.24, 2.45) is 0 Å². The van der Waals surface area contributed by atoms with E-state index in [1.807, 2.05) is 7.05 Å². The third-order valence-corrected chi connectivity index (χ3v) is 7.25. The Morgan fingerprint density at radius 2 is 1.70 bits per heavy atom. The first kappa shape index (κ1) is 16.2. The minimum absolute atomic E-state index is 0.0788. The number of nitrogens with zero attached hydrogens (tertiary/aromatic N) is 2. The number of hydrogen-bond donors (Lipinski definition) is 1. The van der Waals surface area contributed by atoms with Gasteiger partial charge < -0.3 is 5.32 Å². The summed E-state index contributed by atoms with van der Waals surface area (Å²) < 4.78 is 28.7. The molecule has 0 radical (unpaired) electrons. The highest BCUT2D eigenvalue weighted by Gasteiger charge is 2.37. The molecule has 5 nitrogen and oxygen atoms in total. The Kier molecular flexibility index (Phi) is 5.10. The van der Waals surface area contributed by atoms with Gasteiger partial charge >= 0.3 is 0 Å². The van der Waals surface area contributed by atoms with Crippen molar-refractivity contribution in [1.82, 2.24) is 13.9 Å². The largest absolute Gasteiger partial charge is 0.314 e. The van der Waals surface area contributed by atoms with Crippen LogP contribution in [-0.4, -0.2) is 55.8 Å². The van der Waals surface area contributed by atoms with Crippen LogP contribution >= 0.6 is 0 Å². The zero-order valence-electron chi connectivity index (χ0n) is 13.1. The van der Waals surface area contributed by atoms with E-state index in [2.05, 4.69) is 12.2 Å². The second-order valence-corrected chi connectivity index (χ2v) is 8.51. The number of rotatable bonds is 4. The Hall–Kier alpha value is -0.170. The molecule has 2 fully saturated rings. The SMILES string of the molecule is CNC1(C)CCN(S(=O)(=O)N(C)C2CCCCC2)CC1. The molecule has 0 aromatic heterocycles. The standard InChI is InChI=1S/C14H29N3O2S/c1-14(15-2)9-11-17(12-10-14)20(18,19)16(3)13-7-5-4-6-8-13/h13,15H,4-12H2,1-3H3. The second-order valence-electron chi connectivity index (χ2n) is 6.53. The van der Waals surface area contributed by atoms with Crippen molar-refractivity contribution in [2.45, 2.75) is 63.5 Å². The quantitative estimate of drug-likeness (QED) is 0.858. The van der Waals surface area contributed by atoms with Crippen molar-refractivity contribution in [1.29, 1.82) is 0 Å². The molecule has 1 heterocycles. The zero-order chi connectivity index (χ0) is 14.8. The van der Waals surface area contributed by atoms with Gasteiger partial charge in [0.1, 0.15) is 0 Å². The first-order valence-corrected chi connectivity index (χ1v) is 9.21. The molecule has 2 rings (SSSR count). The van der Waals surface area contributed by atoms with Crippen molar-refractivity contribution in [3.8, 4) is 0 Å². The van der Waals surface area contributed by atoms with E-state index in [4.69, 9.17) is 0 Å². The van der Waals surface area contributed by atoms with E-state index >= 15 is 0 Å². The topological polar surface area (TPSA) is 52.7 Å². The van der Waals surface area contributed by atoms with Gasteiger partial charge in [-0.05, 0) is 39.7 Å².